The molecule has 0 aromatic carbocycles. The Bertz CT molecular complexity index is 282. The van der Waals surface area contributed by atoms with E-state index in [1.165, 1.54) is 41.9 Å². The van der Waals surface area contributed by atoms with Crippen molar-refractivity contribution >= 4 is 11.3 Å². The monoisotopic (exact) mass is 169 g/mol. The summed E-state index contributed by atoms with van der Waals surface area (Å²) in [5.41, 5.74) is 0. The maximum Gasteiger partial charge on any atom is 0.304 e. The Labute approximate surface area is 69.3 Å². The second kappa shape index (κ2) is 2.81. The van der Waals surface area contributed by atoms with E-state index < -0.39 is 0 Å². The molecule has 1 N–H and O–H groups in total. The Morgan fingerprint density at radius 1 is 1.45 bits per heavy atom. The van der Waals surface area contributed by atoms with Gasteiger partial charge in [0.05, 0.1) is 0 Å². The lowest BCUT2D eigenvalue weighted by Gasteiger charge is -2.01. The number of nitrogens with one attached hydrogen (secondary N) is 1. The maximum atomic E-state index is 10.8. The third-order valence-electron chi connectivity index (χ3n) is 2.30. The van der Waals surface area contributed by atoms with Crippen molar-refractivity contribution in [3.63, 3.8) is 0 Å². The first-order valence-corrected chi connectivity index (χ1v) is 4.86. The zero-order chi connectivity index (χ0) is 7.68. The molecule has 60 valence electrons. The lowest BCUT2D eigenvalue weighted by molar-refractivity contribution is 0.736. The first-order valence-electron chi connectivity index (χ1n) is 4.04. The lowest BCUT2D eigenvalue weighted by Crippen LogP contribution is -1.88. The van der Waals surface area contributed by atoms with Gasteiger partial charge in [-0.1, -0.05) is 24.2 Å². The summed E-state index contributed by atoms with van der Waals surface area (Å²) in [6, 6.07) is 0. The fraction of sp³-hybridized carbons (Fsp3) is 0.625. The Balaban J connectivity index is 2.21. The third kappa shape index (κ3) is 1.38. The van der Waals surface area contributed by atoms with Crippen molar-refractivity contribution in [2.24, 2.45) is 0 Å². The molecule has 1 aromatic heterocycles. The summed E-state index contributed by atoms with van der Waals surface area (Å²) in [5.74, 6) is 0.680. The lowest BCUT2D eigenvalue weighted by atomic mass is 10.1. The molecule has 1 heterocycles. The van der Waals surface area contributed by atoms with E-state index in [0.717, 1.165) is 0 Å². The maximum absolute atomic E-state index is 10.8. The Hall–Kier alpha value is -0.570. The number of hydrogen-bond acceptors (Lipinski definition) is 2. The average molecular weight is 169 g/mol. The minimum absolute atomic E-state index is 0.0897. The molecular weight excluding hydrogens is 158 g/mol. The quantitative estimate of drug-likeness (QED) is 0.686. The smallest absolute Gasteiger partial charge is 0.304 e. The molecule has 1 aliphatic carbocycles. The first-order chi connectivity index (χ1) is 5.36. The van der Waals surface area contributed by atoms with Gasteiger partial charge in [0.1, 0.15) is 0 Å². The molecule has 0 spiro atoms. The van der Waals surface area contributed by atoms with E-state index >= 15 is 0 Å². The molecule has 0 aliphatic heterocycles. The van der Waals surface area contributed by atoms with Crippen molar-refractivity contribution in [1.82, 2.24) is 4.98 Å². The van der Waals surface area contributed by atoms with Crippen molar-refractivity contribution in [2.75, 3.05) is 0 Å². The molecule has 2 rings (SSSR count). The molecule has 0 unspecified atom stereocenters. The van der Waals surface area contributed by atoms with Crippen LogP contribution in [0, 0.1) is 0 Å². The van der Waals surface area contributed by atoms with Crippen molar-refractivity contribution in [3.05, 3.63) is 20.7 Å². The molecule has 2 nitrogen and oxygen atoms in total. The van der Waals surface area contributed by atoms with E-state index in [-0.39, 0.29) is 4.87 Å². The van der Waals surface area contributed by atoms with E-state index in [1.54, 1.807) is 0 Å². The van der Waals surface area contributed by atoms with Gasteiger partial charge in [-0.25, -0.2) is 0 Å². The second-order valence-corrected chi connectivity index (χ2v) is 4.11. The minimum atomic E-state index is 0.0897. The van der Waals surface area contributed by atoms with E-state index in [0.29, 0.717) is 5.92 Å². The van der Waals surface area contributed by atoms with E-state index in [9.17, 15) is 4.79 Å². The van der Waals surface area contributed by atoms with Crippen molar-refractivity contribution < 1.29 is 0 Å². The standard InChI is InChI=1S/C8H11NOS/c10-8-9-5-7(11-8)6-3-1-2-4-6/h5-6H,1-4H2,(H,9,10). The molecule has 1 aromatic rings. The SMILES string of the molecule is O=c1[nH]cc(C2CCCC2)s1. The van der Waals surface area contributed by atoms with E-state index in [2.05, 4.69) is 4.98 Å². The number of rotatable bonds is 1. The number of thiazole rings is 1. The van der Waals surface area contributed by atoms with Crippen LogP contribution in [0.1, 0.15) is 36.5 Å². The summed E-state index contributed by atoms with van der Waals surface area (Å²) in [5, 5.41) is 0. The van der Waals surface area contributed by atoms with Crippen molar-refractivity contribution in [3.8, 4) is 0 Å². The predicted molar refractivity (Wildman–Crippen MR) is 46.1 cm³/mol. The van der Waals surface area contributed by atoms with Crippen LogP contribution >= 0.6 is 11.3 Å². The van der Waals surface area contributed by atoms with Crippen LogP contribution in [0.3, 0.4) is 0 Å². The van der Waals surface area contributed by atoms with Gasteiger partial charge in [0.2, 0.25) is 0 Å². The van der Waals surface area contributed by atoms with Gasteiger partial charge >= 0.3 is 4.87 Å². The highest BCUT2D eigenvalue weighted by Gasteiger charge is 2.18. The average Bonchev–Trinajstić information content (AvgIpc) is 2.55. The van der Waals surface area contributed by atoms with Crippen LogP contribution in [0.2, 0.25) is 0 Å². The van der Waals surface area contributed by atoms with Gasteiger partial charge in [-0.3, -0.25) is 4.79 Å². The normalized spacial score (nSPS) is 19.3. The number of aromatic nitrogens is 1. The topological polar surface area (TPSA) is 32.9 Å². The second-order valence-electron chi connectivity index (χ2n) is 3.06. The van der Waals surface area contributed by atoms with Gasteiger partial charge in [-0.15, -0.1) is 0 Å². The van der Waals surface area contributed by atoms with Crippen LogP contribution in [0.5, 0.6) is 0 Å². The van der Waals surface area contributed by atoms with Gasteiger partial charge in [-0.05, 0) is 18.8 Å². The van der Waals surface area contributed by atoms with Gasteiger partial charge < -0.3 is 4.98 Å². The predicted octanol–water partition coefficient (Wildman–Crippen LogP) is 2.09. The highest BCUT2D eigenvalue weighted by Crippen LogP contribution is 2.34. The molecule has 0 atom stereocenters. The number of hydrogen-bond donors (Lipinski definition) is 1. The van der Waals surface area contributed by atoms with E-state index in [4.69, 9.17) is 0 Å². The van der Waals surface area contributed by atoms with Gasteiger partial charge in [0, 0.05) is 11.1 Å². The van der Waals surface area contributed by atoms with Crippen LogP contribution < -0.4 is 4.87 Å². The summed E-state index contributed by atoms with van der Waals surface area (Å²) in [6.07, 6.45) is 7.08. The molecule has 1 fully saturated rings. The summed E-state index contributed by atoms with van der Waals surface area (Å²) < 4.78 is 0. The molecule has 0 radical (unpaired) electrons. The van der Waals surface area contributed by atoms with Crippen LogP contribution in [0.15, 0.2) is 11.0 Å². The van der Waals surface area contributed by atoms with Crippen LogP contribution in [-0.4, -0.2) is 4.98 Å². The Morgan fingerprint density at radius 2 is 2.18 bits per heavy atom. The van der Waals surface area contributed by atoms with Crippen LogP contribution in [-0.2, 0) is 0 Å². The van der Waals surface area contributed by atoms with Gasteiger partial charge in [-0.2, -0.15) is 0 Å². The van der Waals surface area contributed by atoms with Gasteiger partial charge in [0.25, 0.3) is 0 Å². The Morgan fingerprint density at radius 3 is 2.73 bits per heavy atom. The first kappa shape index (κ1) is 7.10. The molecule has 0 saturated heterocycles. The highest BCUT2D eigenvalue weighted by atomic mass is 32.1. The van der Waals surface area contributed by atoms with E-state index in [1.807, 2.05) is 6.20 Å². The number of H-pyrrole nitrogens is 1. The molecule has 0 bridgehead atoms. The molecule has 1 saturated carbocycles. The van der Waals surface area contributed by atoms with Crippen molar-refractivity contribution in [2.45, 2.75) is 31.6 Å². The molecule has 1 aliphatic rings. The van der Waals surface area contributed by atoms with Gasteiger partial charge in [0.15, 0.2) is 0 Å². The molecular formula is C8H11NOS. The fourth-order valence-corrected chi connectivity index (χ4v) is 2.56. The Kier molecular flexibility index (Phi) is 1.82. The fourth-order valence-electron chi connectivity index (χ4n) is 1.71. The summed E-state index contributed by atoms with van der Waals surface area (Å²) >= 11 is 1.37. The number of aromatic amines is 1. The van der Waals surface area contributed by atoms with Crippen LogP contribution in [0.4, 0.5) is 0 Å². The molecule has 11 heavy (non-hydrogen) atoms. The van der Waals surface area contributed by atoms with Crippen LogP contribution in [0.25, 0.3) is 0 Å². The van der Waals surface area contributed by atoms with Crippen molar-refractivity contribution in [1.29, 1.82) is 0 Å². The summed E-state index contributed by atoms with van der Waals surface area (Å²) in [7, 11) is 0. The highest BCUT2D eigenvalue weighted by molar-refractivity contribution is 7.09. The molecule has 0 amide bonds. The molecule has 3 heteroatoms. The summed E-state index contributed by atoms with van der Waals surface area (Å²) in [6.45, 7) is 0. The minimum Gasteiger partial charge on any atom is -0.319 e. The third-order valence-corrected chi connectivity index (χ3v) is 3.29. The zero-order valence-electron chi connectivity index (χ0n) is 6.30. The zero-order valence-corrected chi connectivity index (χ0v) is 7.12. The summed E-state index contributed by atoms with van der Waals surface area (Å²) in [4.78, 5) is 14.9. The largest absolute Gasteiger partial charge is 0.319 e.